The van der Waals surface area contributed by atoms with E-state index in [1.54, 1.807) is 4.90 Å². The average Bonchev–Trinajstić information content (AvgIpc) is 2.19. The Bertz CT molecular complexity index is 294. The van der Waals surface area contributed by atoms with Crippen LogP contribution in [0.25, 0.3) is 0 Å². The van der Waals surface area contributed by atoms with E-state index in [0.717, 1.165) is 0 Å². The van der Waals surface area contributed by atoms with Gasteiger partial charge in [0.05, 0.1) is 13.2 Å². The Balaban J connectivity index is 2.73. The lowest BCUT2D eigenvalue weighted by Gasteiger charge is -2.28. The molecule has 5 nitrogen and oxygen atoms in total. The van der Waals surface area contributed by atoms with Crippen LogP contribution in [-0.4, -0.2) is 42.1 Å². The van der Waals surface area contributed by atoms with Crippen LogP contribution in [0.1, 0.15) is 6.92 Å². The summed E-state index contributed by atoms with van der Waals surface area (Å²) in [6.45, 7) is 3.72. The van der Waals surface area contributed by atoms with Crippen molar-refractivity contribution in [1.29, 1.82) is 10.7 Å². The van der Waals surface area contributed by atoms with Crippen molar-refractivity contribution in [2.24, 2.45) is 0 Å². The number of hydrogen-bond donors (Lipinski definition) is 2. The van der Waals surface area contributed by atoms with Gasteiger partial charge in [-0.3, -0.25) is 5.41 Å². The first-order valence-corrected chi connectivity index (χ1v) is 4.38. The lowest BCUT2D eigenvalue weighted by atomic mass is 10.2. The van der Waals surface area contributed by atoms with Crippen LogP contribution in [0.4, 0.5) is 0 Å². The van der Waals surface area contributed by atoms with E-state index in [9.17, 15) is 5.11 Å². The van der Waals surface area contributed by atoms with Gasteiger partial charge in [-0.05, 0) is 6.92 Å². The molecule has 76 valence electrons. The van der Waals surface area contributed by atoms with Gasteiger partial charge in [-0.2, -0.15) is 5.26 Å². The molecule has 0 spiro atoms. The zero-order valence-corrected chi connectivity index (χ0v) is 8.08. The van der Waals surface area contributed by atoms with Crippen LogP contribution in [-0.2, 0) is 4.74 Å². The first-order chi connectivity index (χ1) is 6.66. The Morgan fingerprint density at radius 1 is 1.50 bits per heavy atom. The molecule has 0 bridgehead atoms. The number of nitrogens with one attached hydrogen (secondary N) is 1. The lowest BCUT2D eigenvalue weighted by Crippen LogP contribution is -2.41. The predicted molar refractivity (Wildman–Crippen MR) is 51.1 cm³/mol. The van der Waals surface area contributed by atoms with Gasteiger partial charge < -0.3 is 14.7 Å². The molecule has 1 rings (SSSR count). The molecule has 0 radical (unpaired) electrons. The topological polar surface area (TPSA) is 80.3 Å². The summed E-state index contributed by atoms with van der Waals surface area (Å²) in [6.07, 6.45) is 0. The maximum Gasteiger partial charge on any atom is 0.142 e. The minimum Gasteiger partial charge on any atom is -0.511 e. The minimum absolute atomic E-state index is 0.0342. The van der Waals surface area contributed by atoms with Gasteiger partial charge in [-0.25, -0.2) is 0 Å². The maximum atomic E-state index is 9.17. The molecule has 0 unspecified atom stereocenters. The highest BCUT2D eigenvalue weighted by Crippen LogP contribution is 2.07. The van der Waals surface area contributed by atoms with E-state index < -0.39 is 0 Å². The largest absolute Gasteiger partial charge is 0.511 e. The number of allylic oxidation sites excluding steroid dienone is 1. The van der Waals surface area contributed by atoms with E-state index in [1.165, 1.54) is 6.92 Å². The summed E-state index contributed by atoms with van der Waals surface area (Å²) >= 11 is 0. The summed E-state index contributed by atoms with van der Waals surface area (Å²) in [5, 5.41) is 25.6. The predicted octanol–water partition coefficient (Wildman–Crippen LogP) is 0.651. The normalized spacial score (nSPS) is 18.4. The average molecular weight is 195 g/mol. The smallest absolute Gasteiger partial charge is 0.142 e. The van der Waals surface area contributed by atoms with E-state index in [2.05, 4.69) is 0 Å². The second kappa shape index (κ2) is 4.63. The highest BCUT2D eigenvalue weighted by molar-refractivity contribution is 5.99. The van der Waals surface area contributed by atoms with Crippen LogP contribution in [0, 0.1) is 16.7 Å². The van der Waals surface area contributed by atoms with Gasteiger partial charge in [-0.15, -0.1) is 0 Å². The van der Waals surface area contributed by atoms with Crippen molar-refractivity contribution in [3.8, 4) is 6.07 Å². The van der Waals surface area contributed by atoms with Crippen molar-refractivity contribution in [1.82, 2.24) is 4.90 Å². The van der Waals surface area contributed by atoms with Gasteiger partial charge in [0.2, 0.25) is 0 Å². The van der Waals surface area contributed by atoms with Gasteiger partial charge in [0.15, 0.2) is 0 Å². The van der Waals surface area contributed by atoms with Crippen LogP contribution in [0.2, 0.25) is 0 Å². The molecule has 0 atom stereocenters. The molecular formula is C9H13N3O2. The fourth-order valence-electron chi connectivity index (χ4n) is 1.25. The molecular weight excluding hydrogens is 182 g/mol. The lowest BCUT2D eigenvalue weighted by molar-refractivity contribution is 0.0679. The fourth-order valence-corrected chi connectivity index (χ4v) is 1.25. The van der Waals surface area contributed by atoms with Gasteiger partial charge in [0.1, 0.15) is 23.2 Å². The van der Waals surface area contributed by atoms with Crippen LogP contribution in [0.5, 0.6) is 0 Å². The molecule has 5 heteroatoms. The molecule has 0 aliphatic carbocycles. The first kappa shape index (κ1) is 10.5. The third-order valence-electron chi connectivity index (χ3n) is 2.04. The summed E-state index contributed by atoms with van der Waals surface area (Å²) in [5.41, 5.74) is 0.0342. The standard InChI is InChI=1S/C9H13N3O2/c1-7(13)8(6-10)9(11)12-2-4-14-5-3-12/h11,13H,2-5H2,1H3/b8-7-,11-9?. The quantitative estimate of drug-likeness (QED) is 0.278. The number of nitriles is 1. The van der Waals surface area contributed by atoms with Crippen molar-refractivity contribution < 1.29 is 9.84 Å². The highest BCUT2D eigenvalue weighted by Gasteiger charge is 2.18. The number of rotatable bonds is 1. The van der Waals surface area contributed by atoms with Crippen molar-refractivity contribution in [3.63, 3.8) is 0 Å². The first-order valence-electron chi connectivity index (χ1n) is 4.38. The number of amidine groups is 1. The van der Waals surface area contributed by atoms with Crippen LogP contribution in [0.3, 0.4) is 0 Å². The Labute approximate surface area is 82.7 Å². The molecule has 0 aromatic carbocycles. The van der Waals surface area contributed by atoms with E-state index in [-0.39, 0.29) is 17.2 Å². The Hall–Kier alpha value is -1.54. The molecule has 1 aliphatic heterocycles. The van der Waals surface area contributed by atoms with Crippen molar-refractivity contribution >= 4 is 5.84 Å². The van der Waals surface area contributed by atoms with Gasteiger partial charge in [0.25, 0.3) is 0 Å². The molecule has 0 amide bonds. The molecule has 1 heterocycles. The third kappa shape index (κ3) is 2.24. The highest BCUT2D eigenvalue weighted by atomic mass is 16.5. The van der Waals surface area contributed by atoms with Crippen LogP contribution in [0.15, 0.2) is 11.3 Å². The van der Waals surface area contributed by atoms with Crippen molar-refractivity contribution in [2.45, 2.75) is 6.92 Å². The SMILES string of the molecule is C/C(O)=C(\C#N)C(=N)N1CCOCC1. The summed E-state index contributed by atoms with van der Waals surface area (Å²) in [7, 11) is 0. The van der Waals surface area contributed by atoms with Crippen molar-refractivity contribution in [2.75, 3.05) is 26.3 Å². The maximum absolute atomic E-state index is 9.17. The van der Waals surface area contributed by atoms with Crippen LogP contribution >= 0.6 is 0 Å². The zero-order valence-electron chi connectivity index (χ0n) is 8.08. The van der Waals surface area contributed by atoms with E-state index in [1.807, 2.05) is 6.07 Å². The Kier molecular flexibility index (Phi) is 3.48. The minimum atomic E-state index is -0.107. The fraction of sp³-hybridized carbons (Fsp3) is 0.556. The Morgan fingerprint density at radius 3 is 2.50 bits per heavy atom. The van der Waals surface area contributed by atoms with Gasteiger partial charge >= 0.3 is 0 Å². The molecule has 0 saturated carbocycles. The number of aliphatic hydroxyl groups excluding tert-OH is 1. The summed E-state index contributed by atoms with van der Waals surface area (Å²) in [6, 6.07) is 1.82. The number of hydrogen-bond acceptors (Lipinski definition) is 4. The monoisotopic (exact) mass is 195 g/mol. The molecule has 0 aromatic heterocycles. The van der Waals surface area contributed by atoms with Crippen molar-refractivity contribution in [3.05, 3.63) is 11.3 Å². The molecule has 2 N–H and O–H groups in total. The zero-order chi connectivity index (χ0) is 10.6. The van der Waals surface area contributed by atoms with E-state index in [4.69, 9.17) is 15.4 Å². The molecule has 1 fully saturated rings. The number of nitrogens with zero attached hydrogens (tertiary/aromatic N) is 2. The van der Waals surface area contributed by atoms with Gasteiger partial charge in [0, 0.05) is 13.1 Å². The molecule has 1 aliphatic rings. The molecule has 0 aromatic rings. The second-order valence-electron chi connectivity index (χ2n) is 3.02. The summed E-state index contributed by atoms with van der Waals surface area (Å²) in [4.78, 5) is 1.72. The van der Waals surface area contributed by atoms with Crippen LogP contribution < -0.4 is 0 Å². The molecule has 14 heavy (non-hydrogen) atoms. The second-order valence-corrected chi connectivity index (χ2v) is 3.02. The van der Waals surface area contributed by atoms with E-state index >= 15 is 0 Å². The van der Waals surface area contributed by atoms with Gasteiger partial charge in [-0.1, -0.05) is 0 Å². The summed E-state index contributed by atoms with van der Waals surface area (Å²) in [5.74, 6) is -0.0280. The third-order valence-corrected chi connectivity index (χ3v) is 2.04. The molecule has 1 saturated heterocycles. The Morgan fingerprint density at radius 2 is 2.07 bits per heavy atom. The number of ether oxygens (including phenoxy) is 1. The number of morpholine rings is 1. The van der Waals surface area contributed by atoms with E-state index in [0.29, 0.717) is 26.3 Å². The summed E-state index contributed by atoms with van der Waals surface area (Å²) < 4.78 is 5.12. The number of aliphatic hydroxyl groups is 1.